The average Bonchev–Trinajstić information content (AvgIpc) is 2.75. The van der Waals surface area contributed by atoms with Gasteiger partial charge in [-0.2, -0.15) is 0 Å². The Morgan fingerprint density at radius 2 is 2.21 bits per heavy atom. The molecule has 2 heteroatoms. The largest absolute Gasteiger partial charge is 0.469 e. The first-order chi connectivity index (χ1) is 6.77. The van der Waals surface area contributed by atoms with Gasteiger partial charge in [-0.05, 0) is 25.3 Å². The minimum atomic E-state index is -0.322. The minimum absolute atomic E-state index is 0.322. The van der Waals surface area contributed by atoms with Crippen LogP contribution in [0.25, 0.3) is 0 Å². The molecule has 1 fully saturated rings. The predicted molar refractivity (Wildman–Crippen MR) is 55.0 cm³/mol. The summed E-state index contributed by atoms with van der Waals surface area (Å²) in [4.78, 5) is 0. The molecule has 1 heterocycles. The van der Waals surface area contributed by atoms with Gasteiger partial charge in [0.25, 0.3) is 0 Å². The molecule has 0 saturated heterocycles. The highest BCUT2D eigenvalue weighted by atomic mass is 16.3. The van der Waals surface area contributed by atoms with Gasteiger partial charge in [-0.1, -0.05) is 25.7 Å². The second-order valence-electron chi connectivity index (χ2n) is 4.33. The van der Waals surface area contributed by atoms with Gasteiger partial charge >= 0.3 is 0 Å². The second-order valence-corrected chi connectivity index (χ2v) is 4.33. The van der Waals surface area contributed by atoms with E-state index in [1.165, 1.54) is 25.7 Å². The molecular formula is C12H18O2. The summed E-state index contributed by atoms with van der Waals surface area (Å²) in [6.45, 7) is 1.91. The molecule has 1 unspecified atom stereocenters. The highest BCUT2D eigenvalue weighted by molar-refractivity contribution is 5.18. The van der Waals surface area contributed by atoms with Crippen molar-refractivity contribution < 1.29 is 9.52 Å². The van der Waals surface area contributed by atoms with Crippen LogP contribution in [0.3, 0.4) is 0 Å². The molecule has 2 nitrogen and oxygen atoms in total. The van der Waals surface area contributed by atoms with Crippen LogP contribution >= 0.6 is 0 Å². The molecule has 0 aliphatic heterocycles. The molecule has 0 radical (unpaired) electrons. The van der Waals surface area contributed by atoms with Crippen LogP contribution in [0.2, 0.25) is 0 Å². The summed E-state index contributed by atoms with van der Waals surface area (Å²) >= 11 is 0. The Hall–Kier alpha value is -0.760. The van der Waals surface area contributed by atoms with E-state index in [1.807, 2.05) is 13.0 Å². The van der Waals surface area contributed by atoms with Gasteiger partial charge in [0.1, 0.15) is 5.76 Å². The van der Waals surface area contributed by atoms with Gasteiger partial charge in [0.2, 0.25) is 0 Å². The van der Waals surface area contributed by atoms with E-state index in [-0.39, 0.29) is 6.10 Å². The Kier molecular flexibility index (Phi) is 2.92. The quantitative estimate of drug-likeness (QED) is 0.801. The maximum Gasteiger partial charge on any atom is 0.106 e. The fourth-order valence-electron chi connectivity index (χ4n) is 2.43. The first-order valence-corrected chi connectivity index (χ1v) is 5.49. The Balaban J connectivity index is 1.95. The first-order valence-electron chi connectivity index (χ1n) is 5.49. The molecule has 1 saturated carbocycles. The Labute approximate surface area is 84.9 Å². The lowest BCUT2D eigenvalue weighted by molar-refractivity contribution is 0.143. The van der Waals surface area contributed by atoms with Crippen LogP contribution < -0.4 is 0 Å². The smallest absolute Gasteiger partial charge is 0.106 e. The Bertz CT molecular complexity index is 284. The Morgan fingerprint density at radius 1 is 1.50 bits per heavy atom. The third kappa shape index (κ3) is 2.01. The van der Waals surface area contributed by atoms with Crippen molar-refractivity contribution in [2.75, 3.05) is 0 Å². The third-order valence-corrected chi connectivity index (χ3v) is 3.29. The van der Waals surface area contributed by atoms with Gasteiger partial charge in [-0.15, -0.1) is 0 Å². The fourth-order valence-corrected chi connectivity index (χ4v) is 2.43. The molecule has 1 N–H and O–H groups in total. The first kappa shape index (κ1) is 9.78. The topological polar surface area (TPSA) is 33.4 Å². The lowest BCUT2D eigenvalue weighted by Crippen LogP contribution is -2.04. The summed E-state index contributed by atoms with van der Waals surface area (Å²) in [5.41, 5.74) is 0.969. The third-order valence-electron chi connectivity index (χ3n) is 3.29. The molecule has 78 valence electrons. The molecule has 1 aliphatic carbocycles. The molecule has 0 spiro atoms. The predicted octanol–water partition coefficient (Wildman–Crippen LogP) is 3.20. The van der Waals surface area contributed by atoms with Gasteiger partial charge in [0.05, 0.1) is 12.4 Å². The van der Waals surface area contributed by atoms with Crippen molar-refractivity contribution in [3.63, 3.8) is 0 Å². The van der Waals surface area contributed by atoms with Crippen molar-refractivity contribution in [2.45, 2.75) is 45.1 Å². The van der Waals surface area contributed by atoms with Crippen molar-refractivity contribution in [3.8, 4) is 0 Å². The number of hydrogen-bond acceptors (Lipinski definition) is 2. The summed E-state index contributed by atoms with van der Waals surface area (Å²) in [5, 5.41) is 9.99. The van der Waals surface area contributed by atoms with E-state index in [4.69, 9.17) is 4.42 Å². The van der Waals surface area contributed by atoms with E-state index < -0.39 is 0 Å². The summed E-state index contributed by atoms with van der Waals surface area (Å²) < 4.78 is 5.19. The lowest BCUT2D eigenvalue weighted by atomic mass is 9.96. The highest BCUT2D eigenvalue weighted by Crippen LogP contribution is 2.33. The van der Waals surface area contributed by atoms with E-state index in [0.717, 1.165) is 23.7 Å². The number of aryl methyl sites for hydroxylation is 1. The van der Waals surface area contributed by atoms with Crippen molar-refractivity contribution in [2.24, 2.45) is 5.92 Å². The van der Waals surface area contributed by atoms with E-state index in [9.17, 15) is 5.11 Å². The molecule has 2 rings (SSSR count). The van der Waals surface area contributed by atoms with Crippen molar-refractivity contribution in [1.82, 2.24) is 0 Å². The summed E-state index contributed by atoms with van der Waals surface area (Å²) in [6.07, 6.45) is 7.48. The zero-order valence-electron chi connectivity index (χ0n) is 8.70. The number of furan rings is 1. The zero-order chi connectivity index (χ0) is 9.97. The zero-order valence-corrected chi connectivity index (χ0v) is 8.70. The van der Waals surface area contributed by atoms with Gasteiger partial charge in [0, 0.05) is 5.56 Å². The minimum Gasteiger partial charge on any atom is -0.469 e. The van der Waals surface area contributed by atoms with Crippen molar-refractivity contribution in [3.05, 3.63) is 23.7 Å². The number of aliphatic hydroxyl groups is 1. The molecule has 1 aliphatic rings. The maximum atomic E-state index is 9.99. The maximum absolute atomic E-state index is 9.99. The average molecular weight is 194 g/mol. The molecule has 1 aromatic rings. The van der Waals surface area contributed by atoms with Crippen molar-refractivity contribution in [1.29, 1.82) is 0 Å². The highest BCUT2D eigenvalue weighted by Gasteiger charge is 2.21. The summed E-state index contributed by atoms with van der Waals surface area (Å²) in [6, 6.07) is 1.88. The SMILES string of the molecule is Cc1occc1C(O)CC1CCCC1. The van der Waals surface area contributed by atoms with Crippen LogP contribution in [0, 0.1) is 12.8 Å². The number of hydrogen-bond donors (Lipinski definition) is 1. The summed E-state index contributed by atoms with van der Waals surface area (Å²) in [5.74, 6) is 1.58. The van der Waals surface area contributed by atoms with Gasteiger partial charge in [-0.3, -0.25) is 0 Å². The van der Waals surface area contributed by atoms with Crippen LogP contribution in [-0.2, 0) is 0 Å². The number of rotatable bonds is 3. The van der Waals surface area contributed by atoms with Crippen molar-refractivity contribution >= 4 is 0 Å². The molecule has 1 aromatic heterocycles. The van der Waals surface area contributed by atoms with Crippen LogP contribution in [-0.4, -0.2) is 5.11 Å². The summed E-state index contributed by atoms with van der Waals surface area (Å²) in [7, 11) is 0. The van der Waals surface area contributed by atoms with Gasteiger partial charge < -0.3 is 9.52 Å². The molecule has 0 amide bonds. The van der Waals surface area contributed by atoms with E-state index in [1.54, 1.807) is 6.26 Å². The molecule has 0 bridgehead atoms. The molecular weight excluding hydrogens is 176 g/mol. The van der Waals surface area contributed by atoms with Gasteiger partial charge in [-0.25, -0.2) is 0 Å². The lowest BCUT2D eigenvalue weighted by Gasteiger charge is -2.14. The van der Waals surface area contributed by atoms with E-state index in [2.05, 4.69) is 0 Å². The van der Waals surface area contributed by atoms with Crippen LogP contribution in [0.4, 0.5) is 0 Å². The Morgan fingerprint density at radius 3 is 2.79 bits per heavy atom. The van der Waals surface area contributed by atoms with Crippen LogP contribution in [0.5, 0.6) is 0 Å². The second kappa shape index (κ2) is 4.18. The van der Waals surface area contributed by atoms with E-state index >= 15 is 0 Å². The fraction of sp³-hybridized carbons (Fsp3) is 0.667. The molecule has 14 heavy (non-hydrogen) atoms. The van der Waals surface area contributed by atoms with Gasteiger partial charge in [0.15, 0.2) is 0 Å². The standard InChI is InChI=1S/C12H18O2/c1-9-11(6-7-14-9)12(13)8-10-4-2-3-5-10/h6-7,10,12-13H,2-5,8H2,1H3. The van der Waals surface area contributed by atoms with Crippen LogP contribution in [0.15, 0.2) is 16.7 Å². The monoisotopic (exact) mass is 194 g/mol. The van der Waals surface area contributed by atoms with E-state index in [0.29, 0.717) is 0 Å². The molecule has 0 aromatic carbocycles. The number of aliphatic hydroxyl groups excluding tert-OH is 1. The normalized spacial score (nSPS) is 20.1. The molecule has 1 atom stereocenters. The van der Waals surface area contributed by atoms with Crippen LogP contribution in [0.1, 0.15) is 49.5 Å².